The molecule has 0 radical (unpaired) electrons. The zero-order valence-corrected chi connectivity index (χ0v) is 10.3. The van der Waals surface area contributed by atoms with Crippen LogP contribution in [-0.2, 0) is 10.2 Å². The van der Waals surface area contributed by atoms with Gasteiger partial charge in [-0.25, -0.2) is 0 Å². The number of rotatable bonds is 3. The van der Waals surface area contributed by atoms with Crippen molar-refractivity contribution in [1.82, 2.24) is 0 Å². The van der Waals surface area contributed by atoms with Crippen molar-refractivity contribution < 1.29 is 9.90 Å². The van der Waals surface area contributed by atoms with Crippen molar-refractivity contribution >= 4 is 11.7 Å². The Bertz CT molecular complexity index is 399. The molecule has 3 N–H and O–H groups in total. The number of hydrogen-bond acceptors (Lipinski definition) is 2. The summed E-state index contributed by atoms with van der Waals surface area (Å²) in [5, 5.41) is 8.87. The monoisotopic (exact) mass is 221 g/mol. The van der Waals surface area contributed by atoms with Crippen molar-refractivity contribution in [1.29, 1.82) is 0 Å². The molecule has 0 amide bonds. The van der Waals surface area contributed by atoms with Crippen LogP contribution < -0.4 is 5.73 Å². The van der Waals surface area contributed by atoms with Gasteiger partial charge in [0.05, 0.1) is 6.42 Å². The molecule has 16 heavy (non-hydrogen) atoms. The van der Waals surface area contributed by atoms with Crippen LogP contribution in [0.25, 0.3) is 0 Å². The van der Waals surface area contributed by atoms with Gasteiger partial charge in [-0.3, -0.25) is 4.79 Å². The van der Waals surface area contributed by atoms with Crippen molar-refractivity contribution in [2.75, 3.05) is 5.73 Å². The van der Waals surface area contributed by atoms with E-state index in [2.05, 4.69) is 0 Å². The summed E-state index contributed by atoms with van der Waals surface area (Å²) in [6.07, 6.45) is 0.106. The molecular weight excluding hydrogens is 202 g/mol. The normalized spacial score (nSPS) is 11.5. The van der Waals surface area contributed by atoms with E-state index in [4.69, 9.17) is 10.8 Å². The van der Waals surface area contributed by atoms with Gasteiger partial charge in [-0.15, -0.1) is 0 Å². The summed E-state index contributed by atoms with van der Waals surface area (Å²) in [5.74, 6) is -0.790. The zero-order valence-electron chi connectivity index (χ0n) is 10.3. The predicted octanol–water partition coefficient (Wildman–Crippen LogP) is 2.64. The molecule has 0 bridgehead atoms. The van der Waals surface area contributed by atoms with Gasteiger partial charge in [0.15, 0.2) is 0 Å². The smallest absolute Gasteiger partial charge is 0.304 e. The number of aliphatic carboxylic acids is 1. The molecule has 3 nitrogen and oxygen atoms in total. The van der Waals surface area contributed by atoms with E-state index in [1.54, 1.807) is 0 Å². The van der Waals surface area contributed by atoms with Crippen LogP contribution in [0.1, 0.15) is 37.0 Å². The molecule has 0 heterocycles. The second-order valence-corrected chi connectivity index (χ2v) is 4.96. The summed E-state index contributed by atoms with van der Waals surface area (Å²) in [4.78, 5) is 10.8. The lowest BCUT2D eigenvalue weighted by Crippen LogP contribution is -2.22. The highest BCUT2D eigenvalue weighted by Gasteiger charge is 2.24. The molecule has 3 heteroatoms. The number of aryl methyl sites for hydroxylation is 1. The first-order valence-electron chi connectivity index (χ1n) is 5.33. The molecule has 1 aromatic rings. The average molecular weight is 221 g/mol. The molecular formula is C13H19NO2. The average Bonchev–Trinajstić information content (AvgIpc) is 2.11. The van der Waals surface area contributed by atoms with E-state index in [-0.39, 0.29) is 6.42 Å². The highest BCUT2D eigenvalue weighted by Crippen LogP contribution is 2.31. The van der Waals surface area contributed by atoms with E-state index >= 15 is 0 Å². The summed E-state index contributed by atoms with van der Waals surface area (Å²) in [5.41, 5.74) is 9.39. The number of nitrogens with two attached hydrogens (primary N) is 1. The van der Waals surface area contributed by atoms with Crippen LogP contribution >= 0.6 is 0 Å². The van der Waals surface area contributed by atoms with Gasteiger partial charge in [0.2, 0.25) is 0 Å². The Kier molecular flexibility index (Phi) is 3.27. The Labute approximate surface area is 96.3 Å². The van der Waals surface area contributed by atoms with Crippen LogP contribution in [0.15, 0.2) is 12.1 Å². The SMILES string of the molecule is Cc1cc(C(C)(C)CC(=O)O)cc(N)c1C. The number of carbonyl (C=O) groups is 1. The van der Waals surface area contributed by atoms with E-state index in [1.807, 2.05) is 39.8 Å². The Morgan fingerprint density at radius 2 is 1.94 bits per heavy atom. The van der Waals surface area contributed by atoms with E-state index in [1.165, 1.54) is 0 Å². The minimum absolute atomic E-state index is 0.106. The van der Waals surface area contributed by atoms with Crippen molar-refractivity contribution in [3.63, 3.8) is 0 Å². The number of carboxylic acids is 1. The largest absolute Gasteiger partial charge is 0.481 e. The van der Waals surface area contributed by atoms with E-state index in [0.717, 1.165) is 22.4 Å². The topological polar surface area (TPSA) is 63.3 Å². The second kappa shape index (κ2) is 4.16. The zero-order chi connectivity index (χ0) is 12.5. The summed E-state index contributed by atoms with van der Waals surface area (Å²) in [6.45, 7) is 7.81. The second-order valence-electron chi connectivity index (χ2n) is 4.96. The maximum Gasteiger partial charge on any atom is 0.304 e. The van der Waals surface area contributed by atoms with Crippen LogP contribution in [0, 0.1) is 13.8 Å². The van der Waals surface area contributed by atoms with Crippen LogP contribution in [0.4, 0.5) is 5.69 Å². The summed E-state index contributed by atoms with van der Waals surface area (Å²) in [6, 6.07) is 3.90. The molecule has 0 spiro atoms. The van der Waals surface area contributed by atoms with Crippen LogP contribution in [0.2, 0.25) is 0 Å². The first-order valence-corrected chi connectivity index (χ1v) is 5.33. The van der Waals surface area contributed by atoms with Crippen LogP contribution in [-0.4, -0.2) is 11.1 Å². The Morgan fingerprint density at radius 3 is 2.38 bits per heavy atom. The molecule has 0 aromatic heterocycles. The number of anilines is 1. The molecule has 1 rings (SSSR count). The van der Waals surface area contributed by atoms with Crippen molar-refractivity contribution in [2.24, 2.45) is 0 Å². The Hall–Kier alpha value is -1.51. The van der Waals surface area contributed by atoms with E-state index in [0.29, 0.717) is 0 Å². The minimum Gasteiger partial charge on any atom is -0.481 e. The lowest BCUT2D eigenvalue weighted by atomic mass is 9.80. The molecule has 88 valence electrons. The molecule has 0 atom stereocenters. The summed E-state index contributed by atoms with van der Waals surface area (Å²) in [7, 11) is 0. The van der Waals surface area contributed by atoms with Crippen molar-refractivity contribution in [3.05, 3.63) is 28.8 Å². The van der Waals surface area contributed by atoms with Gasteiger partial charge >= 0.3 is 5.97 Å². The fourth-order valence-electron chi connectivity index (χ4n) is 1.76. The van der Waals surface area contributed by atoms with Crippen molar-refractivity contribution in [2.45, 2.75) is 39.5 Å². The third-order valence-electron chi connectivity index (χ3n) is 3.08. The van der Waals surface area contributed by atoms with E-state index in [9.17, 15) is 4.79 Å². The third-order valence-corrected chi connectivity index (χ3v) is 3.08. The highest BCUT2D eigenvalue weighted by molar-refractivity contribution is 5.69. The first kappa shape index (κ1) is 12.6. The predicted molar refractivity (Wildman–Crippen MR) is 65.6 cm³/mol. The number of carboxylic acid groups (broad SMARTS) is 1. The first-order chi connectivity index (χ1) is 7.24. The highest BCUT2D eigenvalue weighted by atomic mass is 16.4. The summed E-state index contributed by atoms with van der Waals surface area (Å²) < 4.78 is 0. The van der Waals surface area contributed by atoms with Gasteiger partial charge in [-0.2, -0.15) is 0 Å². The molecule has 0 aliphatic carbocycles. The van der Waals surface area contributed by atoms with Gasteiger partial charge in [-0.1, -0.05) is 19.9 Å². The number of hydrogen-bond donors (Lipinski definition) is 2. The van der Waals surface area contributed by atoms with Crippen LogP contribution in [0.3, 0.4) is 0 Å². The van der Waals surface area contributed by atoms with Gasteiger partial charge in [-0.05, 0) is 36.6 Å². The molecule has 0 fully saturated rings. The lowest BCUT2D eigenvalue weighted by molar-refractivity contribution is -0.138. The molecule has 0 saturated carbocycles. The third kappa shape index (κ3) is 2.54. The quantitative estimate of drug-likeness (QED) is 0.771. The molecule has 0 saturated heterocycles. The van der Waals surface area contributed by atoms with Gasteiger partial charge in [0.1, 0.15) is 0 Å². The lowest BCUT2D eigenvalue weighted by Gasteiger charge is -2.24. The van der Waals surface area contributed by atoms with Crippen molar-refractivity contribution in [3.8, 4) is 0 Å². The number of benzene rings is 1. The Morgan fingerprint density at radius 1 is 1.38 bits per heavy atom. The molecule has 0 unspecified atom stereocenters. The fraction of sp³-hybridized carbons (Fsp3) is 0.462. The molecule has 1 aromatic carbocycles. The fourth-order valence-corrected chi connectivity index (χ4v) is 1.76. The molecule has 0 aliphatic heterocycles. The number of nitrogen functional groups attached to an aromatic ring is 1. The maximum absolute atomic E-state index is 10.8. The van der Waals surface area contributed by atoms with E-state index < -0.39 is 11.4 Å². The van der Waals surface area contributed by atoms with Gasteiger partial charge in [0.25, 0.3) is 0 Å². The summed E-state index contributed by atoms with van der Waals surface area (Å²) >= 11 is 0. The van der Waals surface area contributed by atoms with Gasteiger partial charge < -0.3 is 10.8 Å². The maximum atomic E-state index is 10.8. The molecule has 0 aliphatic rings. The van der Waals surface area contributed by atoms with Gasteiger partial charge in [0, 0.05) is 11.1 Å². The Balaban J connectivity index is 3.18. The van der Waals surface area contributed by atoms with Crippen LogP contribution in [0.5, 0.6) is 0 Å². The minimum atomic E-state index is -0.790. The standard InChI is InChI=1S/C13H19NO2/c1-8-5-10(6-11(14)9(8)2)13(3,4)7-12(15)16/h5-6H,7,14H2,1-4H3,(H,15,16).